The number of nitrogens with one attached hydrogen (secondary N) is 2. The molecule has 2 aromatic heterocycles. The number of carbonyl (C=O) groups is 2. The molecule has 3 N–H and O–H groups in total. The number of amides is 2. The van der Waals surface area contributed by atoms with Crippen molar-refractivity contribution in [2.75, 3.05) is 11.9 Å². The van der Waals surface area contributed by atoms with Crippen molar-refractivity contribution in [3.8, 4) is 0 Å². The summed E-state index contributed by atoms with van der Waals surface area (Å²) in [4.78, 5) is 30.2. The van der Waals surface area contributed by atoms with E-state index < -0.39 is 5.97 Å². The molecule has 8 nitrogen and oxygen atoms in total. The number of nitrogens with zero attached hydrogens (tertiary/aromatic N) is 3. The van der Waals surface area contributed by atoms with Crippen LogP contribution < -0.4 is 10.6 Å². The number of aryl methyl sites for hydroxylation is 1. The summed E-state index contributed by atoms with van der Waals surface area (Å²) >= 11 is 0. The van der Waals surface area contributed by atoms with Gasteiger partial charge in [-0.25, -0.2) is 19.6 Å². The average molecular weight is 289 g/mol. The smallest absolute Gasteiger partial charge is 0.354 e. The summed E-state index contributed by atoms with van der Waals surface area (Å²) in [6, 6.07) is 2.43. The van der Waals surface area contributed by atoms with Gasteiger partial charge in [-0.05, 0) is 12.1 Å². The van der Waals surface area contributed by atoms with Crippen molar-refractivity contribution in [2.24, 2.45) is 7.05 Å². The van der Waals surface area contributed by atoms with Gasteiger partial charge in [-0.1, -0.05) is 0 Å². The van der Waals surface area contributed by atoms with E-state index in [1.54, 1.807) is 6.20 Å². The zero-order chi connectivity index (χ0) is 15.2. The molecule has 0 saturated carbocycles. The first kappa shape index (κ1) is 14.5. The highest BCUT2D eigenvalue weighted by Crippen LogP contribution is 2.05. The Balaban J connectivity index is 1.79. The number of anilines is 1. The number of hydrogen-bond acceptors (Lipinski definition) is 4. The summed E-state index contributed by atoms with van der Waals surface area (Å²) in [7, 11) is 1.89. The number of carboxylic acids is 1. The monoisotopic (exact) mass is 289 g/mol. The van der Waals surface area contributed by atoms with Gasteiger partial charge < -0.3 is 20.3 Å². The van der Waals surface area contributed by atoms with Gasteiger partial charge in [0, 0.05) is 32.4 Å². The molecule has 0 fully saturated rings. The van der Waals surface area contributed by atoms with Crippen LogP contribution in [0.3, 0.4) is 0 Å². The van der Waals surface area contributed by atoms with E-state index in [1.165, 1.54) is 18.3 Å². The topological polar surface area (TPSA) is 109 Å². The summed E-state index contributed by atoms with van der Waals surface area (Å²) in [6.07, 6.45) is 5.45. The zero-order valence-corrected chi connectivity index (χ0v) is 11.4. The number of imidazole rings is 1. The molecule has 0 bridgehead atoms. The van der Waals surface area contributed by atoms with Crippen LogP contribution in [0, 0.1) is 0 Å². The SMILES string of the molecule is Cn1ccnc1CCNC(=O)Nc1ccc(C(=O)O)nc1. The van der Waals surface area contributed by atoms with E-state index in [4.69, 9.17) is 5.11 Å². The zero-order valence-electron chi connectivity index (χ0n) is 11.4. The highest BCUT2D eigenvalue weighted by Gasteiger charge is 2.06. The third-order valence-corrected chi connectivity index (χ3v) is 2.80. The average Bonchev–Trinajstić information content (AvgIpc) is 2.85. The molecule has 0 unspecified atom stereocenters. The van der Waals surface area contributed by atoms with Gasteiger partial charge >= 0.3 is 12.0 Å². The van der Waals surface area contributed by atoms with Gasteiger partial charge in [0.05, 0.1) is 11.9 Å². The lowest BCUT2D eigenvalue weighted by Crippen LogP contribution is -2.30. The van der Waals surface area contributed by atoms with Crippen molar-refractivity contribution < 1.29 is 14.7 Å². The Bertz CT molecular complexity index is 636. The molecule has 2 aromatic rings. The van der Waals surface area contributed by atoms with Gasteiger partial charge in [0.2, 0.25) is 0 Å². The van der Waals surface area contributed by atoms with E-state index in [1.807, 2.05) is 17.8 Å². The first-order valence-corrected chi connectivity index (χ1v) is 6.26. The maximum atomic E-state index is 11.7. The molecule has 0 saturated heterocycles. The maximum absolute atomic E-state index is 11.7. The van der Waals surface area contributed by atoms with E-state index in [9.17, 15) is 9.59 Å². The standard InChI is InChI=1S/C13H15N5O3/c1-18-7-6-14-11(18)4-5-15-13(21)17-9-2-3-10(12(19)20)16-8-9/h2-3,6-8H,4-5H2,1H3,(H,19,20)(H2,15,17,21). The Morgan fingerprint density at radius 3 is 2.71 bits per heavy atom. The van der Waals surface area contributed by atoms with Crippen LogP contribution in [-0.4, -0.2) is 38.2 Å². The lowest BCUT2D eigenvalue weighted by molar-refractivity contribution is 0.0690. The minimum absolute atomic E-state index is 0.0734. The van der Waals surface area contributed by atoms with Crippen LogP contribution >= 0.6 is 0 Å². The molecular weight excluding hydrogens is 274 g/mol. The van der Waals surface area contributed by atoms with Crippen LogP contribution in [0.5, 0.6) is 0 Å². The van der Waals surface area contributed by atoms with E-state index in [2.05, 4.69) is 20.6 Å². The molecule has 0 aliphatic carbocycles. The number of pyridine rings is 1. The fourth-order valence-electron chi connectivity index (χ4n) is 1.69. The van der Waals surface area contributed by atoms with E-state index in [-0.39, 0.29) is 11.7 Å². The fraction of sp³-hybridized carbons (Fsp3) is 0.231. The predicted molar refractivity (Wildman–Crippen MR) is 75.1 cm³/mol. The summed E-state index contributed by atoms with van der Waals surface area (Å²) in [6.45, 7) is 0.442. The third kappa shape index (κ3) is 4.03. The number of aromatic carboxylic acids is 1. The Morgan fingerprint density at radius 2 is 2.14 bits per heavy atom. The van der Waals surface area contributed by atoms with Crippen molar-refractivity contribution >= 4 is 17.7 Å². The largest absolute Gasteiger partial charge is 0.477 e. The molecular formula is C13H15N5O3. The Hall–Kier alpha value is -2.90. The molecule has 0 aromatic carbocycles. The molecule has 8 heteroatoms. The van der Waals surface area contributed by atoms with Crippen LogP contribution in [0.15, 0.2) is 30.7 Å². The van der Waals surface area contributed by atoms with E-state index in [0.717, 1.165) is 5.82 Å². The van der Waals surface area contributed by atoms with Crippen molar-refractivity contribution in [1.29, 1.82) is 0 Å². The van der Waals surface area contributed by atoms with Crippen LogP contribution in [0.2, 0.25) is 0 Å². The highest BCUT2D eigenvalue weighted by atomic mass is 16.4. The lowest BCUT2D eigenvalue weighted by Gasteiger charge is -2.07. The Morgan fingerprint density at radius 1 is 1.33 bits per heavy atom. The molecule has 2 rings (SSSR count). The Labute approximate surface area is 120 Å². The highest BCUT2D eigenvalue weighted by molar-refractivity contribution is 5.90. The molecule has 2 amide bonds. The number of carbonyl (C=O) groups excluding carboxylic acids is 1. The van der Waals surface area contributed by atoms with Gasteiger partial charge in [-0.15, -0.1) is 0 Å². The van der Waals surface area contributed by atoms with Gasteiger partial charge in [0.15, 0.2) is 0 Å². The number of urea groups is 1. The lowest BCUT2D eigenvalue weighted by atomic mass is 10.3. The molecule has 0 radical (unpaired) electrons. The molecule has 21 heavy (non-hydrogen) atoms. The van der Waals surface area contributed by atoms with Gasteiger partial charge in [0.25, 0.3) is 0 Å². The second-order valence-corrected chi connectivity index (χ2v) is 4.32. The summed E-state index contributed by atoms with van der Waals surface area (Å²) < 4.78 is 1.88. The summed E-state index contributed by atoms with van der Waals surface area (Å²) in [5.41, 5.74) is 0.352. The number of rotatable bonds is 5. The van der Waals surface area contributed by atoms with Crippen molar-refractivity contribution in [1.82, 2.24) is 19.9 Å². The van der Waals surface area contributed by atoms with Gasteiger partial charge in [0.1, 0.15) is 11.5 Å². The first-order chi connectivity index (χ1) is 10.1. The van der Waals surface area contributed by atoms with Crippen molar-refractivity contribution in [3.05, 3.63) is 42.2 Å². The molecule has 0 atom stereocenters. The van der Waals surface area contributed by atoms with Crippen LogP contribution in [0.25, 0.3) is 0 Å². The first-order valence-electron chi connectivity index (χ1n) is 6.26. The van der Waals surface area contributed by atoms with Crippen molar-refractivity contribution in [2.45, 2.75) is 6.42 Å². The fourth-order valence-corrected chi connectivity index (χ4v) is 1.69. The summed E-state index contributed by atoms with van der Waals surface area (Å²) in [5.74, 6) is -0.233. The number of carboxylic acid groups (broad SMARTS) is 1. The molecule has 0 spiro atoms. The molecule has 110 valence electrons. The van der Waals surface area contributed by atoms with Crippen molar-refractivity contribution in [3.63, 3.8) is 0 Å². The Kier molecular flexibility index (Phi) is 4.50. The maximum Gasteiger partial charge on any atom is 0.354 e. The quantitative estimate of drug-likeness (QED) is 0.757. The second kappa shape index (κ2) is 6.51. The van der Waals surface area contributed by atoms with Crippen LogP contribution in [0.4, 0.5) is 10.5 Å². The molecule has 0 aliphatic rings. The van der Waals surface area contributed by atoms with Crippen LogP contribution in [-0.2, 0) is 13.5 Å². The minimum Gasteiger partial charge on any atom is -0.477 e. The van der Waals surface area contributed by atoms with Crippen LogP contribution in [0.1, 0.15) is 16.3 Å². The van der Waals surface area contributed by atoms with Gasteiger partial charge in [-0.3, -0.25) is 0 Å². The number of aromatic nitrogens is 3. The van der Waals surface area contributed by atoms with Gasteiger partial charge in [-0.2, -0.15) is 0 Å². The summed E-state index contributed by atoms with van der Waals surface area (Å²) in [5, 5.41) is 14.0. The normalized spacial score (nSPS) is 10.1. The molecule has 2 heterocycles. The van der Waals surface area contributed by atoms with E-state index in [0.29, 0.717) is 18.7 Å². The molecule has 0 aliphatic heterocycles. The third-order valence-electron chi connectivity index (χ3n) is 2.80. The van der Waals surface area contributed by atoms with E-state index >= 15 is 0 Å². The second-order valence-electron chi connectivity index (χ2n) is 4.32. The predicted octanol–water partition coefficient (Wildman–Crippen LogP) is 0.877. The number of hydrogen-bond donors (Lipinski definition) is 3. The minimum atomic E-state index is -1.11.